The molecule has 1 saturated heterocycles. The van der Waals surface area contributed by atoms with Crippen LogP contribution in [0.4, 0.5) is 18.9 Å². The molecule has 1 aromatic rings. The highest BCUT2D eigenvalue weighted by atomic mass is 32.2. The summed E-state index contributed by atoms with van der Waals surface area (Å²) >= 11 is 1.65. The lowest BCUT2D eigenvalue weighted by atomic mass is 10.1. The number of aryl methyl sites for hydroxylation is 1. The lowest BCUT2D eigenvalue weighted by Gasteiger charge is -2.23. The Kier molecular flexibility index (Phi) is 4.59. The van der Waals surface area contributed by atoms with Crippen LogP contribution in [0.5, 0.6) is 0 Å². The first-order valence-electron chi connectivity index (χ1n) is 6.18. The summed E-state index contributed by atoms with van der Waals surface area (Å²) < 4.78 is 38.0. The molecule has 20 heavy (non-hydrogen) atoms. The van der Waals surface area contributed by atoms with Crippen molar-refractivity contribution in [1.29, 1.82) is 0 Å². The van der Waals surface area contributed by atoms with Gasteiger partial charge < -0.3 is 10.6 Å². The van der Waals surface area contributed by atoms with Crippen LogP contribution in [0.3, 0.4) is 0 Å². The van der Waals surface area contributed by atoms with E-state index in [-0.39, 0.29) is 17.6 Å². The van der Waals surface area contributed by atoms with Crippen molar-refractivity contribution < 1.29 is 18.0 Å². The Morgan fingerprint density at radius 3 is 2.80 bits per heavy atom. The maximum atomic E-state index is 12.7. The van der Waals surface area contributed by atoms with Gasteiger partial charge in [-0.3, -0.25) is 4.79 Å². The SMILES string of the molecule is Cc1ccc(C(F)(F)F)cc1NC(=O)C1CSCCN1. The van der Waals surface area contributed by atoms with Crippen molar-refractivity contribution in [3.05, 3.63) is 29.3 Å². The van der Waals surface area contributed by atoms with Gasteiger partial charge in [-0.25, -0.2) is 0 Å². The Morgan fingerprint density at radius 2 is 2.20 bits per heavy atom. The number of alkyl halides is 3. The molecule has 0 aliphatic carbocycles. The van der Waals surface area contributed by atoms with Crippen molar-refractivity contribution >= 4 is 23.4 Å². The van der Waals surface area contributed by atoms with E-state index in [4.69, 9.17) is 0 Å². The minimum Gasteiger partial charge on any atom is -0.324 e. The molecule has 1 amide bonds. The van der Waals surface area contributed by atoms with Crippen LogP contribution in [0.25, 0.3) is 0 Å². The molecule has 0 spiro atoms. The zero-order valence-corrected chi connectivity index (χ0v) is 11.7. The number of hydrogen-bond donors (Lipinski definition) is 2. The molecular weight excluding hydrogens is 289 g/mol. The van der Waals surface area contributed by atoms with E-state index in [1.54, 1.807) is 18.7 Å². The lowest BCUT2D eigenvalue weighted by Crippen LogP contribution is -2.46. The number of carbonyl (C=O) groups excluding carboxylic acids is 1. The highest BCUT2D eigenvalue weighted by Crippen LogP contribution is 2.32. The first kappa shape index (κ1) is 15.2. The largest absolute Gasteiger partial charge is 0.416 e. The topological polar surface area (TPSA) is 41.1 Å². The molecule has 1 heterocycles. The maximum Gasteiger partial charge on any atom is 0.416 e. The smallest absolute Gasteiger partial charge is 0.324 e. The van der Waals surface area contributed by atoms with E-state index in [0.717, 1.165) is 24.4 Å². The van der Waals surface area contributed by atoms with Crippen LogP contribution in [0, 0.1) is 6.92 Å². The number of thioether (sulfide) groups is 1. The van der Waals surface area contributed by atoms with Crippen LogP contribution in [0.2, 0.25) is 0 Å². The second-order valence-electron chi connectivity index (χ2n) is 4.60. The molecule has 0 saturated carbocycles. The third-order valence-corrected chi connectivity index (χ3v) is 4.12. The highest BCUT2D eigenvalue weighted by molar-refractivity contribution is 7.99. The first-order valence-corrected chi connectivity index (χ1v) is 7.33. The minimum atomic E-state index is -4.41. The van der Waals surface area contributed by atoms with Gasteiger partial charge in [-0.15, -0.1) is 0 Å². The molecule has 7 heteroatoms. The molecule has 2 N–H and O–H groups in total. The predicted molar refractivity (Wildman–Crippen MR) is 73.9 cm³/mol. The molecule has 0 aromatic heterocycles. The second-order valence-corrected chi connectivity index (χ2v) is 5.75. The summed E-state index contributed by atoms with van der Waals surface area (Å²) in [5.41, 5.74) is 0.0568. The van der Waals surface area contributed by atoms with E-state index in [2.05, 4.69) is 10.6 Å². The number of carbonyl (C=O) groups is 1. The Labute approximate surface area is 119 Å². The van der Waals surface area contributed by atoms with Crippen molar-refractivity contribution in [2.24, 2.45) is 0 Å². The summed E-state index contributed by atoms with van der Waals surface area (Å²) in [6, 6.07) is 2.99. The summed E-state index contributed by atoms with van der Waals surface area (Å²) in [4.78, 5) is 12.0. The summed E-state index contributed by atoms with van der Waals surface area (Å²) in [5, 5.41) is 5.63. The van der Waals surface area contributed by atoms with Crippen LogP contribution >= 0.6 is 11.8 Å². The van der Waals surface area contributed by atoms with Crippen LogP contribution < -0.4 is 10.6 Å². The van der Waals surface area contributed by atoms with Gasteiger partial charge in [-0.2, -0.15) is 24.9 Å². The summed E-state index contributed by atoms with van der Waals surface area (Å²) in [6.45, 7) is 2.39. The third kappa shape index (κ3) is 3.67. The van der Waals surface area contributed by atoms with E-state index >= 15 is 0 Å². The van der Waals surface area contributed by atoms with Gasteiger partial charge in [-0.05, 0) is 24.6 Å². The monoisotopic (exact) mass is 304 g/mol. The van der Waals surface area contributed by atoms with Gasteiger partial charge in [0.05, 0.1) is 11.6 Å². The molecular formula is C13H15F3N2OS. The van der Waals surface area contributed by atoms with Crippen LogP contribution in [-0.4, -0.2) is 30.0 Å². The fourth-order valence-corrected chi connectivity index (χ4v) is 2.82. The quantitative estimate of drug-likeness (QED) is 0.882. The van der Waals surface area contributed by atoms with Gasteiger partial charge in [0, 0.05) is 23.7 Å². The molecule has 1 aliphatic heterocycles. The van der Waals surface area contributed by atoms with Crippen molar-refractivity contribution in [2.75, 3.05) is 23.4 Å². The van der Waals surface area contributed by atoms with E-state index in [1.165, 1.54) is 6.07 Å². The van der Waals surface area contributed by atoms with Gasteiger partial charge in [-0.1, -0.05) is 6.07 Å². The molecule has 1 aromatic carbocycles. The number of hydrogen-bond acceptors (Lipinski definition) is 3. The van der Waals surface area contributed by atoms with Gasteiger partial charge in [0.1, 0.15) is 0 Å². The summed E-state index contributed by atoms with van der Waals surface area (Å²) in [6.07, 6.45) is -4.41. The van der Waals surface area contributed by atoms with Gasteiger partial charge in [0.25, 0.3) is 0 Å². The zero-order valence-electron chi connectivity index (χ0n) is 10.9. The van der Waals surface area contributed by atoms with E-state index in [0.29, 0.717) is 11.3 Å². The molecule has 1 aliphatic rings. The van der Waals surface area contributed by atoms with Crippen molar-refractivity contribution in [2.45, 2.75) is 19.1 Å². The average Bonchev–Trinajstić information content (AvgIpc) is 2.41. The fraction of sp³-hybridized carbons (Fsp3) is 0.462. The molecule has 3 nitrogen and oxygen atoms in total. The standard InChI is InChI=1S/C13H15F3N2OS/c1-8-2-3-9(13(14,15)16)6-10(8)18-12(19)11-7-20-5-4-17-11/h2-3,6,11,17H,4-5,7H2,1H3,(H,18,19). The van der Waals surface area contributed by atoms with Crippen LogP contribution in [0.15, 0.2) is 18.2 Å². The van der Waals surface area contributed by atoms with Gasteiger partial charge in [0.2, 0.25) is 5.91 Å². The lowest BCUT2D eigenvalue weighted by molar-refractivity contribution is -0.137. The minimum absolute atomic E-state index is 0.210. The Hall–Kier alpha value is -1.21. The number of benzene rings is 1. The Morgan fingerprint density at radius 1 is 1.45 bits per heavy atom. The van der Waals surface area contributed by atoms with Gasteiger partial charge >= 0.3 is 6.18 Å². The van der Waals surface area contributed by atoms with Crippen LogP contribution in [0.1, 0.15) is 11.1 Å². The third-order valence-electron chi connectivity index (χ3n) is 3.06. The van der Waals surface area contributed by atoms with Gasteiger partial charge in [0.15, 0.2) is 0 Å². The molecule has 1 unspecified atom stereocenters. The average molecular weight is 304 g/mol. The number of rotatable bonds is 2. The summed E-state index contributed by atoms with van der Waals surface area (Å²) in [7, 11) is 0. The van der Waals surface area contributed by atoms with Crippen LogP contribution in [-0.2, 0) is 11.0 Å². The molecule has 0 radical (unpaired) electrons. The van der Waals surface area contributed by atoms with Crippen molar-refractivity contribution in [3.63, 3.8) is 0 Å². The number of halogens is 3. The number of anilines is 1. The molecule has 110 valence electrons. The van der Waals surface area contributed by atoms with Crippen molar-refractivity contribution in [1.82, 2.24) is 5.32 Å². The Bertz CT molecular complexity index is 499. The van der Waals surface area contributed by atoms with E-state index < -0.39 is 11.7 Å². The Balaban J connectivity index is 2.13. The molecule has 2 rings (SSSR count). The predicted octanol–water partition coefficient (Wildman–Crippen LogP) is 2.66. The summed E-state index contributed by atoms with van der Waals surface area (Å²) in [5.74, 6) is 1.27. The van der Waals surface area contributed by atoms with E-state index in [1.807, 2.05) is 0 Å². The fourth-order valence-electron chi connectivity index (χ4n) is 1.89. The zero-order chi connectivity index (χ0) is 14.8. The maximum absolute atomic E-state index is 12.7. The van der Waals surface area contributed by atoms with Crippen molar-refractivity contribution in [3.8, 4) is 0 Å². The normalized spacial score (nSPS) is 19.7. The highest BCUT2D eigenvalue weighted by Gasteiger charge is 2.31. The molecule has 1 atom stereocenters. The van der Waals surface area contributed by atoms with E-state index in [9.17, 15) is 18.0 Å². The second kappa shape index (κ2) is 6.05. The molecule has 1 fully saturated rings. The number of amides is 1. The number of nitrogens with one attached hydrogen (secondary N) is 2. The molecule has 0 bridgehead atoms. The first-order chi connectivity index (χ1) is 9.38.